The third kappa shape index (κ3) is 2.10. The number of nitrogens with zero attached hydrogens (tertiary/aromatic N) is 1. The lowest BCUT2D eigenvalue weighted by Gasteiger charge is -2.37. The lowest BCUT2D eigenvalue weighted by molar-refractivity contribution is -0.181. The number of hydrogen-bond acceptors (Lipinski definition) is 4. The molecule has 0 unspecified atom stereocenters. The molecule has 0 saturated carbocycles. The summed E-state index contributed by atoms with van der Waals surface area (Å²) in [5.74, 6) is -0.264. The summed E-state index contributed by atoms with van der Waals surface area (Å²) in [5, 5.41) is 1.93. The van der Waals surface area contributed by atoms with Crippen molar-refractivity contribution < 1.29 is 14.3 Å². The zero-order valence-corrected chi connectivity index (χ0v) is 10.4. The van der Waals surface area contributed by atoms with Crippen LogP contribution in [0.4, 0.5) is 0 Å². The van der Waals surface area contributed by atoms with Gasteiger partial charge in [-0.15, -0.1) is 11.3 Å². The summed E-state index contributed by atoms with van der Waals surface area (Å²) in [6, 6.07) is 3.78. The molecule has 0 bridgehead atoms. The van der Waals surface area contributed by atoms with Crippen molar-refractivity contribution in [3.8, 4) is 0 Å². The molecule has 3 rings (SSSR count). The van der Waals surface area contributed by atoms with E-state index in [1.807, 2.05) is 22.4 Å². The maximum Gasteiger partial charge on any atom is 0.263 e. The van der Waals surface area contributed by atoms with Gasteiger partial charge in [0.15, 0.2) is 5.79 Å². The SMILES string of the molecule is O=C(c1cccs1)N1CCC2(CC1)OCCO2. The normalized spacial score (nSPS) is 23.2. The van der Waals surface area contributed by atoms with Gasteiger partial charge in [0.25, 0.3) is 5.91 Å². The van der Waals surface area contributed by atoms with Crippen molar-refractivity contribution in [2.75, 3.05) is 26.3 Å². The molecule has 1 aromatic heterocycles. The van der Waals surface area contributed by atoms with Crippen LogP contribution in [0, 0.1) is 0 Å². The molecule has 0 N–H and O–H groups in total. The molecule has 2 saturated heterocycles. The van der Waals surface area contributed by atoms with Gasteiger partial charge in [-0.05, 0) is 11.4 Å². The van der Waals surface area contributed by atoms with Crippen LogP contribution >= 0.6 is 11.3 Å². The highest BCUT2D eigenvalue weighted by molar-refractivity contribution is 7.12. The van der Waals surface area contributed by atoms with Crippen molar-refractivity contribution in [2.45, 2.75) is 18.6 Å². The number of amides is 1. The maximum absolute atomic E-state index is 12.1. The topological polar surface area (TPSA) is 38.8 Å². The molecule has 5 heteroatoms. The first kappa shape index (κ1) is 11.2. The lowest BCUT2D eigenvalue weighted by atomic mass is 10.0. The van der Waals surface area contributed by atoms with Gasteiger partial charge in [-0.25, -0.2) is 0 Å². The zero-order valence-electron chi connectivity index (χ0n) is 9.55. The second kappa shape index (κ2) is 4.40. The van der Waals surface area contributed by atoms with Crippen molar-refractivity contribution in [3.05, 3.63) is 22.4 Å². The summed E-state index contributed by atoms with van der Waals surface area (Å²) in [7, 11) is 0. The third-order valence-corrected chi connectivity index (χ3v) is 4.22. The van der Waals surface area contributed by atoms with Gasteiger partial charge in [0.2, 0.25) is 0 Å². The van der Waals surface area contributed by atoms with Gasteiger partial charge in [-0.1, -0.05) is 6.07 Å². The van der Waals surface area contributed by atoms with Crippen molar-refractivity contribution >= 4 is 17.2 Å². The van der Waals surface area contributed by atoms with Gasteiger partial charge < -0.3 is 14.4 Å². The van der Waals surface area contributed by atoms with E-state index in [9.17, 15) is 4.79 Å². The van der Waals surface area contributed by atoms with Crippen molar-refractivity contribution in [3.63, 3.8) is 0 Å². The molecule has 3 heterocycles. The Bertz CT molecular complexity index is 388. The van der Waals surface area contributed by atoms with Crippen LogP contribution in [0.3, 0.4) is 0 Å². The highest BCUT2D eigenvalue weighted by atomic mass is 32.1. The first-order valence-corrected chi connectivity index (χ1v) is 6.78. The molecule has 0 atom stereocenters. The fourth-order valence-electron chi connectivity index (χ4n) is 2.39. The summed E-state index contributed by atoms with van der Waals surface area (Å²) < 4.78 is 11.3. The molecule has 4 nitrogen and oxygen atoms in total. The van der Waals surface area contributed by atoms with Crippen LogP contribution in [-0.2, 0) is 9.47 Å². The fourth-order valence-corrected chi connectivity index (χ4v) is 3.08. The summed E-state index contributed by atoms with van der Waals surface area (Å²) in [4.78, 5) is 14.8. The van der Waals surface area contributed by atoms with Gasteiger partial charge in [0, 0.05) is 25.9 Å². The monoisotopic (exact) mass is 253 g/mol. The molecule has 2 aliphatic rings. The Balaban J connectivity index is 1.63. The van der Waals surface area contributed by atoms with Crippen molar-refractivity contribution in [1.29, 1.82) is 0 Å². The standard InChI is InChI=1S/C12H15NO3S/c14-11(10-2-1-9-17-10)13-5-3-12(4-6-13)15-7-8-16-12/h1-2,9H,3-8H2. The van der Waals surface area contributed by atoms with Crippen LogP contribution in [0.1, 0.15) is 22.5 Å². The van der Waals surface area contributed by atoms with Gasteiger partial charge in [0.05, 0.1) is 18.1 Å². The Labute approximate surface area is 104 Å². The number of carbonyl (C=O) groups is 1. The minimum atomic E-state index is -0.397. The van der Waals surface area contributed by atoms with E-state index in [4.69, 9.17) is 9.47 Å². The predicted octanol–water partition coefficient (Wildman–Crippen LogP) is 1.73. The Morgan fingerprint density at radius 2 is 2.00 bits per heavy atom. The number of carbonyl (C=O) groups excluding carboxylic acids is 1. The van der Waals surface area contributed by atoms with E-state index in [1.165, 1.54) is 11.3 Å². The molecule has 1 spiro atoms. The van der Waals surface area contributed by atoms with Crippen LogP contribution in [0.25, 0.3) is 0 Å². The van der Waals surface area contributed by atoms with E-state index < -0.39 is 5.79 Å². The average molecular weight is 253 g/mol. The van der Waals surface area contributed by atoms with E-state index in [1.54, 1.807) is 0 Å². The second-order valence-corrected chi connectivity index (χ2v) is 5.32. The van der Waals surface area contributed by atoms with Gasteiger partial charge in [-0.3, -0.25) is 4.79 Å². The maximum atomic E-state index is 12.1. The van der Waals surface area contributed by atoms with E-state index >= 15 is 0 Å². The third-order valence-electron chi connectivity index (χ3n) is 3.36. The van der Waals surface area contributed by atoms with Gasteiger partial charge in [-0.2, -0.15) is 0 Å². The average Bonchev–Trinajstić information content (AvgIpc) is 3.01. The molecule has 1 amide bonds. The van der Waals surface area contributed by atoms with Crippen molar-refractivity contribution in [2.24, 2.45) is 0 Å². The Hall–Kier alpha value is -0.910. The van der Waals surface area contributed by atoms with E-state index in [2.05, 4.69) is 0 Å². The molecule has 2 aliphatic heterocycles. The Kier molecular flexibility index (Phi) is 2.90. The minimum Gasteiger partial charge on any atom is -0.347 e. The van der Waals surface area contributed by atoms with Crippen LogP contribution in [0.2, 0.25) is 0 Å². The molecule has 0 radical (unpaired) electrons. The number of ether oxygens (including phenoxy) is 2. The molecule has 0 aliphatic carbocycles. The summed E-state index contributed by atoms with van der Waals surface area (Å²) in [6.45, 7) is 2.80. The fraction of sp³-hybridized carbons (Fsp3) is 0.583. The Morgan fingerprint density at radius 1 is 1.29 bits per heavy atom. The number of piperidine rings is 1. The number of likely N-dealkylation sites (tertiary alicyclic amines) is 1. The zero-order chi connectivity index (χ0) is 11.7. The lowest BCUT2D eigenvalue weighted by Crippen LogP contribution is -2.47. The van der Waals surface area contributed by atoms with Gasteiger partial charge in [0.1, 0.15) is 0 Å². The molecule has 92 valence electrons. The summed E-state index contributed by atoms with van der Waals surface area (Å²) in [5.41, 5.74) is 0. The molecule has 1 aromatic rings. The second-order valence-electron chi connectivity index (χ2n) is 4.38. The Morgan fingerprint density at radius 3 is 2.59 bits per heavy atom. The van der Waals surface area contributed by atoms with E-state index in [-0.39, 0.29) is 5.91 Å². The number of hydrogen-bond donors (Lipinski definition) is 0. The smallest absolute Gasteiger partial charge is 0.263 e. The highest BCUT2D eigenvalue weighted by Gasteiger charge is 2.40. The molecule has 2 fully saturated rings. The van der Waals surface area contributed by atoms with Crippen LogP contribution in [-0.4, -0.2) is 42.9 Å². The molecule has 17 heavy (non-hydrogen) atoms. The largest absolute Gasteiger partial charge is 0.347 e. The van der Waals surface area contributed by atoms with Crippen molar-refractivity contribution in [1.82, 2.24) is 4.90 Å². The predicted molar refractivity (Wildman–Crippen MR) is 64.1 cm³/mol. The molecular weight excluding hydrogens is 238 g/mol. The first-order chi connectivity index (χ1) is 8.29. The van der Waals surface area contributed by atoms with Crippen LogP contribution < -0.4 is 0 Å². The molecular formula is C12H15NO3S. The summed E-state index contributed by atoms with van der Waals surface area (Å²) in [6.07, 6.45) is 1.56. The van der Waals surface area contributed by atoms with Crippen LogP contribution in [0.5, 0.6) is 0 Å². The minimum absolute atomic E-state index is 0.132. The highest BCUT2D eigenvalue weighted by Crippen LogP contribution is 2.31. The summed E-state index contributed by atoms with van der Waals surface area (Å²) >= 11 is 1.49. The quantitative estimate of drug-likeness (QED) is 0.765. The van der Waals surface area contributed by atoms with E-state index in [0.717, 1.165) is 30.8 Å². The van der Waals surface area contributed by atoms with E-state index in [0.29, 0.717) is 13.2 Å². The van der Waals surface area contributed by atoms with Crippen LogP contribution in [0.15, 0.2) is 17.5 Å². The van der Waals surface area contributed by atoms with Gasteiger partial charge >= 0.3 is 0 Å². The number of rotatable bonds is 1. The number of thiophene rings is 1. The molecule has 0 aromatic carbocycles. The first-order valence-electron chi connectivity index (χ1n) is 5.90.